The van der Waals surface area contributed by atoms with Gasteiger partial charge in [0, 0.05) is 21.8 Å². The van der Waals surface area contributed by atoms with E-state index < -0.39 is 23.7 Å². The van der Waals surface area contributed by atoms with Crippen LogP contribution in [0.2, 0.25) is 5.02 Å². The molecule has 2 aliphatic rings. The normalized spacial score (nSPS) is 20.7. The van der Waals surface area contributed by atoms with Gasteiger partial charge in [-0.3, -0.25) is 9.59 Å². The quantitative estimate of drug-likeness (QED) is 0.835. The molecule has 2 aromatic carbocycles. The second-order valence-corrected chi connectivity index (χ2v) is 6.11. The lowest BCUT2D eigenvalue weighted by atomic mass is 9.88. The molecule has 2 N–H and O–H groups in total. The molecule has 0 saturated heterocycles. The lowest BCUT2D eigenvalue weighted by molar-refractivity contribution is -0.133. The third kappa shape index (κ3) is 2.23. The van der Waals surface area contributed by atoms with Gasteiger partial charge in [0.25, 0.3) is 5.91 Å². The van der Waals surface area contributed by atoms with Crippen molar-refractivity contribution in [2.75, 3.05) is 12.1 Å². The zero-order valence-corrected chi connectivity index (χ0v) is 13.1. The van der Waals surface area contributed by atoms with Gasteiger partial charge in [-0.05, 0) is 36.4 Å². The van der Waals surface area contributed by atoms with Crippen LogP contribution in [0.1, 0.15) is 22.3 Å². The molecule has 0 saturated carbocycles. The number of hydrogen-bond donors (Lipinski definition) is 2. The number of rotatable bonds is 3. The predicted octanol–water partition coefficient (Wildman–Crippen LogP) is 2.48. The molecule has 2 aliphatic heterocycles. The fourth-order valence-electron chi connectivity index (χ4n) is 2.90. The highest BCUT2D eigenvalue weighted by atomic mass is 35.5. The van der Waals surface area contributed by atoms with Gasteiger partial charge in [0.15, 0.2) is 22.9 Å². The summed E-state index contributed by atoms with van der Waals surface area (Å²) in [7, 11) is 0. The van der Waals surface area contributed by atoms with Gasteiger partial charge < -0.3 is 19.9 Å². The Labute approximate surface area is 141 Å². The van der Waals surface area contributed by atoms with E-state index in [1.54, 1.807) is 30.3 Å². The molecule has 0 unspecified atom stereocenters. The first kappa shape index (κ1) is 15.0. The van der Waals surface area contributed by atoms with Gasteiger partial charge >= 0.3 is 0 Å². The highest BCUT2D eigenvalue weighted by molar-refractivity contribution is 6.31. The van der Waals surface area contributed by atoms with E-state index in [0.717, 1.165) is 0 Å². The Morgan fingerprint density at radius 2 is 2.00 bits per heavy atom. The summed E-state index contributed by atoms with van der Waals surface area (Å²) in [6.07, 6.45) is -0.397. The average molecular weight is 346 g/mol. The highest BCUT2D eigenvalue weighted by Gasteiger charge is 2.47. The predicted molar refractivity (Wildman–Crippen MR) is 85.5 cm³/mol. The number of hydrogen-bond acceptors (Lipinski definition) is 5. The van der Waals surface area contributed by atoms with E-state index >= 15 is 0 Å². The average Bonchev–Trinajstić information content (AvgIpc) is 3.11. The molecule has 1 amide bonds. The summed E-state index contributed by atoms with van der Waals surface area (Å²) in [5.41, 5.74) is -0.872. The van der Waals surface area contributed by atoms with Crippen molar-refractivity contribution in [1.29, 1.82) is 0 Å². The van der Waals surface area contributed by atoms with Gasteiger partial charge in [0.1, 0.15) is 0 Å². The SMILES string of the molecule is O=C(C[C@]1(O)C(=O)Nc2ccc(Cl)cc21)c1ccc2c(c1)OCO2. The lowest BCUT2D eigenvalue weighted by Crippen LogP contribution is -2.36. The summed E-state index contributed by atoms with van der Waals surface area (Å²) >= 11 is 5.95. The van der Waals surface area contributed by atoms with Crippen molar-refractivity contribution in [3.05, 3.63) is 52.5 Å². The van der Waals surface area contributed by atoms with Crippen LogP contribution in [0.25, 0.3) is 0 Å². The van der Waals surface area contributed by atoms with Gasteiger partial charge in [-0.25, -0.2) is 0 Å². The molecule has 0 fully saturated rings. The van der Waals surface area contributed by atoms with Crippen LogP contribution in [0.3, 0.4) is 0 Å². The van der Waals surface area contributed by atoms with E-state index in [-0.39, 0.29) is 6.79 Å². The van der Waals surface area contributed by atoms with Gasteiger partial charge in [-0.2, -0.15) is 0 Å². The number of aliphatic hydroxyl groups is 1. The van der Waals surface area contributed by atoms with E-state index in [1.807, 2.05) is 0 Å². The Hall–Kier alpha value is -2.57. The van der Waals surface area contributed by atoms with Crippen LogP contribution >= 0.6 is 11.6 Å². The van der Waals surface area contributed by atoms with Crippen LogP contribution in [0.5, 0.6) is 11.5 Å². The minimum absolute atomic E-state index is 0.102. The Bertz CT molecular complexity index is 881. The Kier molecular flexibility index (Phi) is 3.26. The van der Waals surface area contributed by atoms with Crippen molar-refractivity contribution in [2.24, 2.45) is 0 Å². The van der Waals surface area contributed by atoms with Crippen molar-refractivity contribution in [1.82, 2.24) is 0 Å². The first-order valence-electron chi connectivity index (χ1n) is 7.24. The summed E-state index contributed by atoms with van der Waals surface area (Å²) in [5, 5.41) is 13.8. The van der Waals surface area contributed by atoms with Crippen LogP contribution in [0.4, 0.5) is 5.69 Å². The molecule has 0 radical (unpaired) electrons. The third-order valence-electron chi connectivity index (χ3n) is 4.16. The van der Waals surface area contributed by atoms with E-state index in [1.165, 1.54) is 6.07 Å². The maximum atomic E-state index is 12.6. The topological polar surface area (TPSA) is 84.9 Å². The van der Waals surface area contributed by atoms with E-state index in [4.69, 9.17) is 21.1 Å². The number of ketones is 1. The molecule has 122 valence electrons. The summed E-state index contributed by atoms with van der Waals surface area (Å²) < 4.78 is 10.4. The maximum absolute atomic E-state index is 12.6. The number of halogens is 1. The van der Waals surface area contributed by atoms with Crippen LogP contribution in [0.15, 0.2) is 36.4 Å². The molecule has 6 nitrogen and oxygen atoms in total. The molecule has 24 heavy (non-hydrogen) atoms. The number of Topliss-reactive ketones (excluding diaryl/α,β-unsaturated/α-hetero) is 1. The lowest BCUT2D eigenvalue weighted by Gasteiger charge is -2.20. The number of fused-ring (bicyclic) bond motifs is 2. The smallest absolute Gasteiger partial charge is 0.261 e. The molecule has 2 aromatic rings. The number of anilines is 1. The molecule has 0 aromatic heterocycles. The Balaban J connectivity index is 1.66. The first-order chi connectivity index (χ1) is 11.5. The Morgan fingerprint density at radius 3 is 2.83 bits per heavy atom. The molecule has 4 rings (SSSR count). The first-order valence-corrected chi connectivity index (χ1v) is 7.62. The van der Waals surface area contributed by atoms with Gasteiger partial charge in [0.05, 0.1) is 6.42 Å². The van der Waals surface area contributed by atoms with E-state index in [2.05, 4.69) is 5.32 Å². The minimum Gasteiger partial charge on any atom is -0.454 e. The molecule has 7 heteroatoms. The monoisotopic (exact) mass is 345 g/mol. The summed E-state index contributed by atoms with van der Waals surface area (Å²) in [4.78, 5) is 24.8. The summed E-state index contributed by atoms with van der Waals surface area (Å²) in [5.74, 6) is -0.0132. The number of benzene rings is 2. The van der Waals surface area contributed by atoms with Gasteiger partial charge in [-0.15, -0.1) is 0 Å². The second-order valence-electron chi connectivity index (χ2n) is 5.67. The van der Waals surface area contributed by atoms with Crippen LogP contribution in [-0.4, -0.2) is 23.6 Å². The summed E-state index contributed by atoms with van der Waals surface area (Å²) in [6, 6.07) is 9.43. The van der Waals surface area contributed by atoms with Crippen molar-refractivity contribution >= 4 is 29.0 Å². The Morgan fingerprint density at radius 1 is 1.21 bits per heavy atom. The molecule has 0 spiro atoms. The minimum atomic E-state index is -1.95. The maximum Gasteiger partial charge on any atom is 0.261 e. The number of carbonyl (C=O) groups is 2. The fraction of sp³-hybridized carbons (Fsp3) is 0.176. The number of amides is 1. The van der Waals surface area contributed by atoms with Crippen molar-refractivity contribution in [2.45, 2.75) is 12.0 Å². The van der Waals surface area contributed by atoms with Crippen LogP contribution in [-0.2, 0) is 10.4 Å². The molecule has 0 aliphatic carbocycles. The zero-order valence-electron chi connectivity index (χ0n) is 12.3. The van der Waals surface area contributed by atoms with Crippen molar-refractivity contribution in [3.63, 3.8) is 0 Å². The second kappa shape index (κ2) is 5.22. The largest absolute Gasteiger partial charge is 0.454 e. The van der Waals surface area contributed by atoms with Crippen LogP contribution < -0.4 is 14.8 Å². The standard InChI is InChI=1S/C17H12ClNO5/c18-10-2-3-12-11(6-10)17(22,16(21)19-12)7-13(20)9-1-4-14-15(5-9)24-8-23-14/h1-6,22H,7-8H2,(H,19,21)/t17-/m1/s1. The molecular weight excluding hydrogens is 334 g/mol. The van der Waals surface area contributed by atoms with E-state index in [0.29, 0.717) is 33.3 Å². The van der Waals surface area contributed by atoms with Crippen molar-refractivity contribution in [3.8, 4) is 11.5 Å². The molecule has 0 bridgehead atoms. The van der Waals surface area contributed by atoms with Gasteiger partial charge in [0.2, 0.25) is 6.79 Å². The van der Waals surface area contributed by atoms with Gasteiger partial charge in [-0.1, -0.05) is 11.6 Å². The number of carbonyl (C=O) groups excluding carboxylic acids is 2. The third-order valence-corrected chi connectivity index (χ3v) is 4.40. The van der Waals surface area contributed by atoms with E-state index in [9.17, 15) is 14.7 Å². The fourth-order valence-corrected chi connectivity index (χ4v) is 3.07. The number of ether oxygens (including phenoxy) is 2. The van der Waals surface area contributed by atoms with Crippen LogP contribution in [0, 0.1) is 0 Å². The molecular formula is C17H12ClNO5. The number of nitrogens with one attached hydrogen (secondary N) is 1. The van der Waals surface area contributed by atoms with Crippen molar-refractivity contribution < 1.29 is 24.2 Å². The summed E-state index contributed by atoms with van der Waals surface area (Å²) in [6.45, 7) is 0.102. The highest BCUT2D eigenvalue weighted by Crippen LogP contribution is 2.41. The zero-order chi connectivity index (χ0) is 16.9. The molecule has 1 atom stereocenters. The molecule has 2 heterocycles.